The van der Waals surface area contributed by atoms with Gasteiger partial charge in [-0.3, -0.25) is 0 Å². The van der Waals surface area contributed by atoms with E-state index >= 15 is 0 Å². The highest BCUT2D eigenvalue weighted by molar-refractivity contribution is 5.89. The average Bonchev–Trinajstić information content (AvgIpc) is 3.08. The van der Waals surface area contributed by atoms with Gasteiger partial charge in [0.05, 0.1) is 5.52 Å². The molecule has 3 rings (SSSR count). The van der Waals surface area contributed by atoms with Gasteiger partial charge in [0.15, 0.2) is 5.65 Å². The molecule has 8 heteroatoms. The van der Waals surface area contributed by atoms with Crippen LogP contribution >= 0.6 is 0 Å². The standard InChI is InChI=1S/C23H30N4O4/c1-14(2)11-23(4,31-22(24)28)13-30-18-7-6-16(10-15(18)3)17-8-9-25-21-20(17)26-19(27-21)12-29-5/h6-10,14H,11-13H2,1-5H3,(H2,24,28)(H,25,26,27)/t23-/m0/s1. The molecule has 0 saturated heterocycles. The molecule has 0 saturated carbocycles. The van der Waals surface area contributed by atoms with Crippen molar-refractivity contribution in [3.05, 3.63) is 41.9 Å². The van der Waals surface area contributed by atoms with Crippen molar-refractivity contribution in [2.75, 3.05) is 13.7 Å². The van der Waals surface area contributed by atoms with Gasteiger partial charge in [0.2, 0.25) is 0 Å². The minimum atomic E-state index is -0.798. The minimum Gasteiger partial charge on any atom is -0.489 e. The smallest absolute Gasteiger partial charge is 0.405 e. The van der Waals surface area contributed by atoms with Crippen molar-refractivity contribution in [2.45, 2.75) is 46.3 Å². The van der Waals surface area contributed by atoms with Crippen molar-refractivity contribution in [1.29, 1.82) is 0 Å². The predicted molar refractivity (Wildman–Crippen MR) is 119 cm³/mol. The van der Waals surface area contributed by atoms with Crippen LogP contribution in [0.5, 0.6) is 5.75 Å². The van der Waals surface area contributed by atoms with Gasteiger partial charge in [-0.25, -0.2) is 14.8 Å². The van der Waals surface area contributed by atoms with Gasteiger partial charge in [0.1, 0.15) is 30.4 Å². The second kappa shape index (κ2) is 9.34. The van der Waals surface area contributed by atoms with Gasteiger partial charge in [-0.1, -0.05) is 19.9 Å². The molecular formula is C23H30N4O4. The number of benzene rings is 1. The summed E-state index contributed by atoms with van der Waals surface area (Å²) in [7, 11) is 1.63. The SMILES string of the molecule is COCc1nc2nccc(-c3ccc(OC[C@](C)(CC(C)C)OC(N)=O)c(C)c3)c2[nH]1. The number of nitrogens with one attached hydrogen (secondary N) is 1. The molecule has 2 heterocycles. The maximum atomic E-state index is 11.3. The summed E-state index contributed by atoms with van der Waals surface area (Å²) in [6.07, 6.45) is 1.59. The lowest BCUT2D eigenvalue weighted by Gasteiger charge is -2.30. The predicted octanol–water partition coefficient (Wildman–Crippen LogP) is 4.36. The molecule has 0 aliphatic heterocycles. The molecule has 1 atom stereocenters. The molecule has 2 aromatic heterocycles. The van der Waals surface area contributed by atoms with E-state index in [-0.39, 0.29) is 6.61 Å². The number of aromatic nitrogens is 3. The zero-order valence-corrected chi connectivity index (χ0v) is 18.7. The van der Waals surface area contributed by atoms with E-state index in [1.807, 2.05) is 32.0 Å². The fourth-order valence-electron chi connectivity index (χ4n) is 3.85. The van der Waals surface area contributed by atoms with E-state index in [1.165, 1.54) is 0 Å². The third kappa shape index (κ3) is 5.52. The Hall–Kier alpha value is -3.13. The lowest BCUT2D eigenvalue weighted by molar-refractivity contribution is -0.0187. The second-order valence-corrected chi connectivity index (χ2v) is 8.41. The normalized spacial score (nSPS) is 13.4. The first-order valence-electron chi connectivity index (χ1n) is 10.3. The van der Waals surface area contributed by atoms with Crippen LogP contribution in [-0.2, 0) is 16.1 Å². The average molecular weight is 427 g/mol. The number of hydrogen-bond donors (Lipinski definition) is 2. The molecule has 3 aromatic rings. The summed E-state index contributed by atoms with van der Waals surface area (Å²) in [4.78, 5) is 23.4. The molecule has 0 unspecified atom stereocenters. The van der Waals surface area contributed by atoms with Crippen molar-refractivity contribution >= 4 is 17.3 Å². The van der Waals surface area contributed by atoms with Crippen LogP contribution in [0.1, 0.15) is 38.6 Å². The Balaban J connectivity index is 1.83. The minimum absolute atomic E-state index is 0.217. The number of nitrogens with two attached hydrogens (primary N) is 1. The molecule has 0 bridgehead atoms. The number of carbonyl (C=O) groups is 1. The number of nitrogens with zero attached hydrogens (tertiary/aromatic N) is 2. The monoisotopic (exact) mass is 426 g/mol. The van der Waals surface area contributed by atoms with Gasteiger partial charge in [-0.05, 0) is 55.5 Å². The largest absolute Gasteiger partial charge is 0.489 e. The summed E-state index contributed by atoms with van der Waals surface area (Å²) in [5, 5.41) is 0. The number of ether oxygens (including phenoxy) is 3. The molecule has 0 aliphatic rings. The van der Waals surface area contributed by atoms with E-state index in [0.29, 0.717) is 24.6 Å². The van der Waals surface area contributed by atoms with Crippen LogP contribution < -0.4 is 10.5 Å². The molecule has 0 fully saturated rings. The van der Waals surface area contributed by atoms with Gasteiger partial charge < -0.3 is 24.9 Å². The first-order chi connectivity index (χ1) is 14.7. The van der Waals surface area contributed by atoms with Gasteiger partial charge in [0, 0.05) is 18.9 Å². The molecule has 3 N–H and O–H groups in total. The second-order valence-electron chi connectivity index (χ2n) is 8.41. The molecule has 31 heavy (non-hydrogen) atoms. The Bertz CT molecular complexity index is 1060. The Morgan fingerprint density at radius 2 is 2.06 bits per heavy atom. The molecule has 166 valence electrons. The summed E-state index contributed by atoms with van der Waals surface area (Å²) < 4.78 is 16.6. The first-order valence-corrected chi connectivity index (χ1v) is 10.3. The number of aromatic amines is 1. The number of amides is 1. The summed E-state index contributed by atoms with van der Waals surface area (Å²) in [6, 6.07) is 7.91. The Morgan fingerprint density at radius 1 is 1.29 bits per heavy atom. The van der Waals surface area contributed by atoms with Crippen LogP contribution in [0, 0.1) is 12.8 Å². The highest BCUT2D eigenvalue weighted by Crippen LogP contribution is 2.31. The fraction of sp³-hybridized carbons (Fsp3) is 0.435. The van der Waals surface area contributed by atoms with Gasteiger partial charge >= 0.3 is 6.09 Å². The van der Waals surface area contributed by atoms with Gasteiger partial charge in [0.25, 0.3) is 0 Å². The quantitative estimate of drug-likeness (QED) is 0.526. The third-order valence-corrected chi connectivity index (χ3v) is 4.93. The van der Waals surface area contributed by atoms with Crippen LogP contribution in [0.15, 0.2) is 30.5 Å². The molecule has 0 aliphatic carbocycles. The van der Waals surface area contributed by atoms with E-state index in [2.05, 4.69) is 34.9 Å². The van der Waals surface area contributed by atoms with Gasteiger partial charge in [-0.15, -0.1) is 0 Å². The lowest BCUT2D eigenvalue weighted by Crippen LogP contribution is -2.41. The topological polar surface area (TPSA) is 112 Å². The van der Waals surface area contributed by atoms with E-state index in [1.54, 1.807) is 13.3 Å². The molecule has 1 amide bonds. The first kappa shape index (κ1) is 22.6. The molecule has 1 aromatic carbocycles. The van der Waals surface area contributed by atoms with Crippen LogP contribution in [0.25, 0.3) is 22.3 Å². The van der Waals surface area contributed by atoms with Crippen LogP contribution in [0.4, 0.5) is 4.79 Å². The van der Waals surface area contributed by atoms with Crippen molar-refractivity contribution < 1.29 is 19.0 Å². The number of aryl methyl sites for hydroxylation is 1. The number of carbonyl (C=O) groups excluding carboxylic acids is 1. The van der Waals surface area contributed by atoms with Crippen molar-refractivity contribution in [3.8, 4) is 16.9 Å². The molecule has 8 nitrogen and oxygen atoms in total. The maximum absolute atomic E-state index is 11.3. The van der Waals surface area contributed by atoms with E-state index in [0.717, 1.165) is 33.8 Å². The number of hydrogen-bond acceptors (Lipinski definition) is 6. The Morgan fingerprint density at radius 3 is 2.71 bits per heavy atom. The zero-order chi connectivity index (χ0) is 22.6. The fourth-order valence-corrected chi connectivity index (χ4v) is 3.85. The number of H-pyrrole nitrogens is 1. The Kier molecular flexibility index (Phi) is 6.80. The Labute approximate surface area is 182 Å². The molecule has 0 spiro atoms. The summed E-state index contributed by atoms with van der Waals surface area (Å²) in [5.41, 5.74) is 8.96. The summed E-state index contributed by atoms with van der Waals surface area (Å²) in [6.45, 7) is 8.55. The van der Waals surface area contributed by atoms with E-state index in [9.17, 15) is 4.79 Å². The van der Waals surface area contributed by atoms with Crippen molar-refractivity contribution in [3.63, 3.8) is 0 Å². The van der Waals surface area contributed by atoms with Crippen LogP contribution in [0.2, 0.25) is 0 Å². The van der Waals surface area contributed by atoms with Crippen LogP contribution in [0.3, 0.4) is 0 Å². The van der Waals surface area contributed by atoms with E-state index in [4.69, 9.17) is 19.9 Å². The zero-order valence-electron chi connectivity index (χ0n) is 18.7. The number of imidazole rings is 1. The third-order valence-electron chi connectivity index (χ3n) is 4.93. The van der Waals surface area contributed by atoms with Crippen LogP contribution in [-0.4, -0.2) is 40.4 Å². The number of rotatable bonds is 9. The van der Waals surface area contributed by atoms with Gasteiger partial charge in [-0.2, -0.15) is 0 Å². The number of methoxy groups -OCH3 is 1. The van der Waals surface area contributed by atoms with Crippen molar-refractivity contribution in [2.24, 2.45) is 11.7 Å². The molecule has 0 radical (unpaired) electrons. The highest BCUT2D eigenvalue weighted by Gasteiger charge is 2.30. The van der Waals surface area contributed by atoms with E-state index < -0.39 is 11.7 Å². The molecular weight excluding hydrogens is 396 g/mol. The maximum Gasteiger partial charge on any atom is 0.405 e. The summed E-state index contributed by atoms with van der Waals surface area (Å²) >= 11 is 0. The highest BCUT2D eigenvalue weighted by atomic mass is 16.6. The summed E-state index contributed by atoms with van der Waals surface area (Å²) in [5.74, 6) is 1.78. The number of fused-ring (bicyclic) bond motifs is 1. The number of primary amides is 1. The lowest BCUT2D eigenvalue weighted by atomic mass is 9.95. The van der Waals surface area contributed by atoms with Crippen molar-refractivity contribution in [1.82, 2.24) is 15.0 Å². The number of pyridine rings is 1.